The molecule has 1 aromatic rings. The second kappa shape index (κ2) is 6.58. The van der Waals surface area contributed by atoms with Gasteiger partial charge in [0.15, 0.2) is 0 Å². The Morgan fingerprint density at radius 3 is 2.89 bits per heavy atom. The van der Waals surface area contributed by atoms with Crippen molar-refractivity contribution in [2.45, 2.75) is 19.4 Å². The molecule has 0 atom stereocenters. The number of carbonyl (C=O) groups is 1. The summed E-state index contributed by atoms with van der Waals surface area (Å²) in [6.07, 6.45) is 5.34. The Morgan fingerprint density at radius 1 is 1.47 bits per heavy atom. The lowest BCUT2D eigenvalue weighted by Gasteiger charge is -2.21. The van der Waals surface area contributed by atoms with E-state index in [0.717, 1.165) is 13.1 Å². The molecule has 0 amide bonds. The van der Waals surface area contributed by atoms with Crippen LogP contribution in [-0.2, 0) is 6.54 Å². The Hall–Kier alpha value is -1.53. The van der Waals surface area contributed by atoms with Gasteiger partial charge in [0.25, 0.3) is 0 Å². The van der Waals surface area contributed by atoms with Crippen LogP contribution in [0.3, 0.4) is 0 Å². The average Bonchev–Trinajstić information content (AvgIpc) is 2.90. The van der Waals surface area contributed by atoms with Gasteiger partial charge >= 0.3 is 5.97 Å². The average molecular weight is 264 g/mol. The quantitative estimate of drug-likeness (QED) is 0.815. The van der Waals surface area contributed by atoms with E-state index in [1.807, 2.05) is 7.05 Å². The molecule has 0 unspecified atom stereocenters. The molecule has 2 rings (SSSR count). The zero-order chi connectivity index (χ0) is 13.7. The molecule has 0 aromatic carbocycles. The molecule has 1 aliphatic rings. The van der Waals surface area contributed by atoms with Gasteiger partial charge in [-0.25, -0.2) is 14.8 Å². The van der Waals surface area contributed by atoms with E-state index in [1.165, 1.54) is 38.5 Å². The first-order chi connectivity index (χ1) is 9.16. The van der Waals surface area contributed by atoms with Gasteiger partial charge in [0.1, 0.15) is 11.9 Å². The Kier molecular flexibility index (Phi) is 4.81. The van der Waals surface area contributed by atoms with Gasteiger partial charge in [-0.2, -0.15) is 0 Å². The molecule has 2 heterocycles. The van der Waals surface area contributed by atoms with Crippen LogP contribution in [0.4, 0.5) is 0 Å². The minimum Gasteiger partial charge on any atom is -0.478 e. The Labute approximate surface area is 113 Å². The number of hydrogen-bond acceptors (Lipinski definition) is 5. The van der Waals surface area contributed by atoms with E-state index in [4.69, 9.17) is 5.11 Å². The highest BCUT2D eigenvalue weighted by molar-refractivity contribution is 5.88. The molecule has 0 bridgehead atoms. The first-order valence-corrected chi connectivity index (χ1v) is 6.60. The van der Waals surface area contributed by atoms with E-state index in [0.29, 0.717) is 12.2 Å². The number of carboxylic acid groups (broad SMARTS) is 1. The second-order valence-corrected chi connectivity index (χ2v) is 4.97. The fraction of sp³-hybridized carbons (Fsp3) is 0.615. The molecule has 104 valence electrons. The van der Waals surface area contributed by atoms with Crippen molar-refractivity contribution in [2.75, 3.05) is 33.2 Å². The highest BCUT2D eigenvalue weighted by Gasteiger charge is 2.15. The molecular weight excluding hydrogens is 244 g/mol. The SMILES string of the molecule is CN(CCN1CCCC1)Cc1ncncc1C(=O)O. The largest absolute Gasteiger partial charge is 0.478 e. The van der Waals surface area contributed by atoms with Gasteiger partial charge in [-0.1, -0.05) is 0 Å². The van der Waals surface area contributed by atoms with Crippen LogP contribution >= 0.6 is 0 Å². The first kappa shape index (κ1) is 13.9. The van der Waals surface area contributed by atoms with Gasteiger partial charge in [-0.15, -0.1) is 0 Å². The van der Waals surface area contributed by atoms with Crippen LogP contribution in [-0.4, -0.2) is 64.1 Å². The number of rotatable bonds is 6. The molecule has 1 aliphatic heterocycles. The fourth-order valence-electron chi connectivity index (χ4n) is 2.31. The van der Waals surface area contributed by atoms with Crippen LogP contribution in [0.25, 0.3) is 0 Å². The maximum absolute atomic E-state index is 11.1. The summed E-state index contributed by atoms with van der Waals surface area (Å²) in [4.78, 5) is 23.4. The van der Waals surface area contributed by atoms with Crippen molar-refractivity contribution >= 4 is 5.97 Å². The standard InChI is InChI=1S/C13H20N4O2/c1-16(6-7-17-4-2-3-5-17)9-12-11(13(18)19)8-14-10-15-12/h8,10H,2-7,9H2,1H3,(H,18,19). The molecule has 0 radical (unpaired) electrons. The molecule has 6 heteroatoms. The van der Waals surface area contributed by atoms with E-state index in [1.54, 1.807) is 0 Å². The van der Waals surface area contributed by atoms with Gasteiger partial charge < -0.3 is 10.0 Å². The number of likely N-dealkylation sites (tertiary alicyclic amines) is 1. The molecule has 0 aliphatic carbocycles. The second-order valence-electron chi connectivity index (χ2n) is 4.97. The lowest BCUT2D eigenvalue weighted by Crippen LogP contribution is -2.31. The number of aromatic carboxylic acids is 1. The van der Waals surface area contributed by atoms with Crippen molar-refractivity contribution in [3.05, 3.63) is 23.8 Å². The summed E-state index contributed by atoms with van der Waals surface area (Å²) in [6, 6.07) is 0. The lowest BCUT2D eigenvalue weighted by atomic mass is 10.2. The van der Waals surface area contributed by atoms with Crippen LogP contribution in [0, 0.1) is 0 Å². The molecule has 1 aromatic heterocycles. The van der Waals surface area contributed by atoms with E-state index in [-0.39, 0.29) is 5.56 Å². The minimum absolute atomic E-state index is 0.190. The zero-order valence-electron chi connectivity index (χ0n) is 11.2. The molecular formula is C13H20N4O2. The zero-order valence-corrected chi connectivity index (χ0v) is 11.2. The fourth-order valence-corrected chi connectivity index (χ4v) is 2.31. The third-order valence-corrected chi connectivity index (χ3v) is 3.44. The van der Waals surface area contributed by atoms with E-state index in [2.05, 4.69) is 19.8 Å². The van der Waals surface area contributed by atoms with Gasteiger partial charge in [0.2, 0.25) is 0 Å². The van der Waals surface area contributed by atoms with E-state index in [9.17, 15) is 4.79 Å². The highest BCUT2D eigenvalue weighted by Crippen LogP contribution is 2.09. The third kappa shape index (κ3) is 3.97. The highest BCUT2D eigenvalue weighted by atomic mass is 16.4. The molecule has 1 fully saturated rings. The molecule has 1 saturated heterocycles. The number of likely N-dealkylation sites (N-methyl/N-ethyl adjacent to an activating group) is 1. The van der Waals surface area contributed by atoms with Gasteiger partial charge in [0.05, 0.1) is 5.69 Å². The van der Waals surface area contributed by atoms with Crippen LogP contribution < -0.4 is 0 Å². The normalized spacial score (nSPS) is 16.1. The monoisotopic (exact) mass is 264 g/mol. The smallest absolute Gasteiger partial charge is 0.339 e. The van der Waals surface area contributed by atoms with Crippen molar-refractivity contribution < 1.29 is 9.90 Å². The van der Waals surface area contributed by atoms with Crippen LogP contribution in [0.15, 0.2) is 12.5 Å². The van der Waals surface area contributed by atoms with E-state index < -0.39 is 5.97 Å². The van der Waals surface area contributed by atoms with Gasteiger partial charge in [0, 0.05) is 25.8 Å². The number of hydrogen-bond donors (Lipinski definition) is 1. The van der Waals surface area contributed by atoms with Crippen molar-refractivity contribution in [3.63, 3.8) is 0 Å². The summed E-state index contributed by atoms with van der Waals surface area (Å²) in [5.74, 6) is -0.969. The van der Waals surface area contributed by atoms with Crippen molar-refractivity contribution in [2.24, 2.45) is 0 Å². The topological polar surface area (TPSA) is 69.6 Å². The predicted molar refractivity (Wildman–Crippen MR) is 71.0 cm³/mol. The number of aromatic nitrogens is 2. The number of nitrogens with zero attached hydrogens (tertiary/aromatic N) is 4. The lowest BCUT2D eigenvalue weighted by molar-refractivity contribution is 0.0693. The summed E-state index contributed by atoms with van der Waals surface area (Å²) >= 11 is 0. The Morgan fingerprint density at radius 2 is 2.21 bits per heavy atom. The minimum atomic E-state index is -0.969. The summed E-state index contributed by atoms with van der Waals surface area (Å²) in [6.45, 7) is 4.86. The summed E-state index contributed by atoms with van der Waals surface area (Å²) < 4.78 is 0. The summed E-state index contributed by atoms with van der Waals surface area (Å²) in [5.41, 5.74) is 0.766. The van der Waals surface area contributed by atoms with Crippen molar-refractivity contribution in [1.29, 1.82) is 0 Å². The van der Waals surface area contributed by atoms with Crippen molar-refractivity contribution in [3.8, 4) is 0 Å². The molecule has 1 N–H and O–H groups in total. The Bertz CT molecular complexity index is 432. The van der Waals surface area contributed by atoms with Crippen molar-refractivity contribution in [1.82, 2.24) is 19.8 Å². The van der Waals surface area contributed by atoms with Crippen LogP contribution in [0.2, 0.25) is 0 Å². The van der Waals surface area contributed by atoms with Crippen LogP contribution in [0.5, 0.6) is 0 Å². The maximum atomic E-state index is 11.1. The predicted octanol–water partition coefficient (Wildman–Crippen LogP) is 0.702. The van der Waals surface area contributed by atoms with Gasteiger partial charge in [-0.3, -0.25) is 4.90 Å². The summed E-state index contributed by atoms with van der Waals surface area (Å²) in [5, 5.41) is 9.07. The van der Waals surface area contributed by atoms with Crippen LogP contribution in [0.1, 0.15) is 28.9 Å². The molecule has 6 nitrogen and oxygen atoms in total. The van der Waals surface area contributed by atoms with Gasteiger partial charge in [-0.05, 0) is 33.0 Å². The molecule has 0 saturated carbocycles. The maximum Gasteiger partial charge on any atom is 0.339 e. The number of carboxylic acids is 1. The third-order valence-electron chi connectivity index (χ3n) is 3.44. The molecule has 0 spiro atoms. The summed E-state index contributed by atoms with van der Waals surface area (Å²) in [7, 11) is 1.99. The van der Waals surface area contributed by atoms with E-state index >= 15 is 0 Å². The molecule has 19 heavy (non-hydrogen) atoms. The first-order valence-electron chi connectivity index (χ1n) is 6.60. The Balaban J connectivity index is 1.87.